The van der Waals surface area contributed by atoms with Crippen molar-refractivity contribution in [1.29, 1.82) is 0 Å². The molecular formula is C23H23BrN2O4. The number of hydrogen-bond donors (Lipinski definition) is 1. The van der Waals surface area contributed by atoms with E-state index >= 15 is 0 Å². The second-order valence-corrected chi connectivity index (χ2v) is 7.57. The number of urea groups is 1. The summed E-state index contributed by atoms with van der Waals surface area (Å²) in [5.74, 6) is 0.730. The maximum Gasteiger partial charge on any atom is 0.329 e. The molecule has 0 saturated carbocycles. The number of imide groups is 1. The van der Waals surface area contributed by atoms with Crippen LogP contribution in [-0.2, 0) is 11.3 Å². The van der Waals surface area contributed by atoms with Gasteiger partial charge in [-0.1, -0.05) is 58.4 Å². The van der Waals surface area contributed by atoms with Crippen molar-refractivity contribution in [2.75, 3.05) is 13.2 Å². The first kappa shape index (κ1) is 21.6. The number of amides is 3. The number of rotatable bonds is 8. The van der Waals surface area contributed by atoms with E-state index in [-0.39, 0.29) is 18.1 Å². The van der Waals surface area contributed by atoms with Gasteiger partial charge >= 0.3 is 6.03 Å². The van der Waals surface area contributed by atoms with E-state index in [9.17, 15) is 9.59 Å². The number of carbonyl (C=O) groups is 2. The molecule has 0 radical (unpaired) electrons. The lowest BCUT2D eigenvalue weighted by Gasteiger charge is -2.13. The molecule has 1 heterocycles. The van der Waals surface area contributed by atoms with Gasteiger partial charge < -0.3 is 14.8 Å². The molecule has 0 unspecified atom stereocenters. The minimum atomic E-state index is -0.445. The molecule has 0 aromatic heterocycles. The van der Waals surface area contributed by atoms with Gasteiger partial charge in [0.15, 0.2) is 11.5 Å². The maximum absolute atomic E-state index is 12.8. The molecule has 30 heavy (non-hydrogen) atoms. The Kier molecular flexibility index (Phi) is 6.95. The Hall–Kier alpha value is -3.06. The Balaban J connectivity index is 1.86. The fourth-order valence-electron chi connectivity index (χ4n) is 2.94. The molecule has 1 aliphatic rings. The molecule has 1 saturated heterocycles. The topological polar surface area (TPSA) is 67.9 Å². The van der Waals surface area contributed by atoms with Gasteiger partial charge in [-0.25, -0.2) is 4.79 Å². The Morgan fingerprint density at radius 2 is 1.83 bits per heavy atom. The highest BCUT2D eigenvalue weighted by Gasteiger charge is 2.33. The molecule has 0 aliphatic carbocycles. The lowest BCUT2D eigenvalue weighted by molar-refractivity contribution is -0.123. The van der Waals surface area contributed by atoms with Gasteiger partial charge in [-0.2, -0.15) is 0 Å². The Labute approximate surface area is 184 Å². The average molecular weight is 471 g/mol. The van der Waals surface area contributed by atoms with Gasteiger partial charge in [0.1, 0.15) is 12.3 Å². The molecule has 2 aromatic carbocycles. The second kappa shape index (κ2) is 9.63. The number of carbonyl (C=O) groups excluding carboxylic acids is 2. The molecule has 0 bridgehead atoms. The first-order chi connectivity index (χ1) is 14.4. The van der Waals surface area contributed by atoms with Crippen LogP contribution in [0.2, 0.25) is 0 Å². The third kappa shape index (κ3) is 4.91. The SMILES string of the molecule is C=CCOc1cc(Br)c(/C=C2/NC(=O)N(Cc3ccc(C)cc3)C2=O)cc1OCC. The van der Waals surface area contributed by atoms with E-state index in [2.05, 4.69) is 27.8 Å². The highest BCUT2D eigenvalue weighted by molar-refractivity contribution is 9.10. The summed E-state index contributed by atoms with van der Waals surface area (Å²) in [6, 6.07) is 10.8. The molecule has 7 heteroatoms. The number of hydrogen-bond acceptors (Lipinski definition) is 4. The van der Waals surface area contributed by atoms with E-state index in [0.717, 1.165) is 11.1 Å². The van der Waals surface area contributed by atoms with Gasteiger partial charge in [-0.3, -0.25) is 9.69 Å². The molecule has 0 spiro atoms. The summed E-state index contributed by atoms with van der Waals surface area (Å²) in [5, 5.41) is 2.65. The molecule has 156 valence electrons. The summed E-state index contributed by atoms with van der Waals surface area (Å²) in [6.45, 7) is 8.52. The van der Waals surface area contributed by atoms with E-state index in [0.29, 0.717) is 34.7 Å². The summed E-state index contributed by atoms with van der Waals surface area (Å²) >= 11 is 3.50. The number of nitrogens with one attached hydrogen (secondary N) is 1. The van der Waals surface area contributed by atoms with Crippen molar-refractivity contribution in [2.45, 2.75) is 20.4 Å². The minimum absolute atomic E-state index is 0.204. The Morgan fingerprint density at radius 1 is 1.13 bits per heavy atom. The summed E-state index contributed by atoms with van der Waals surface area (Å²) < 4.78 is 12.0. The highest BCUT2D eigenvalue weighted by Crippen LogP contribution is 2.35. The van der Waals surface area contributed by atoms with Crippen LogP contribution < -0.4 is 14.8 Å². The van der Waals surface area contributed by atoms with Crippen molar-refractivity contribution in [1.82, 2.24) is 10.2 Å². The fourth-order valence-corrected chi connectivity index (χ4v) is 3.37. The van der Waals surface area contributed by atoms with E-state index in [4.69, 9.17) is 9.47 Å². The first-order valence-corrected chi connectivity index (χ1v) is 10.3. The maximum atomic E-state index is 12.8. The minimum Gasteiger partial charge on any atom is -0.490 e. The van der Waals surface area contributed by atoms with Crippen LogP contribution in [0, 0.1) is 6.92 Å². The second-order valence-electron chi connectivity index (χ2n) is 6.72. The molecule has 3 rings (SSSR count). The largest absolute Gasteiger partial charge is 0.490 e. The number of aryl methyl sites for hydroxylation is 1. The standard InChI is InChI=1S/C23H23BrN2O4/c1-4-10-30-21-13-18(24)17(12-20(21)29-5-2)11-19-22(27)26(23(28)25-19)14-16-8-6-15(3)7-9-16/h4,6-9,11-13H,1,5,10,14H2,2-3H3,(H,25,28)/b19-11+. The van der Waals surface area contributed by atoms with Crippen molar-refractivity contribution in [3.05, 3.63) is 75.9 Å². The van der Waals surface area contributed by atoms with Crippen LogP contribution in [0.15, 0.2) is 59.2 Å². The van der Waals surface area contributed by atoms with Crippen LogP contribution in [0.25, 0.3) is 6.08 Å². The van der Waals surface area contributed by atoms with Gasteiger partial charge in [0.25, 0.3) is 5.91 Å². The number of nitrogens with zero attached hydrogens (tertiary/aromatic N) is 1. The molecule has 1 fully saturated rings. The molecule has 6 nitrogen and oxygen atoms in total. The van der Waals surface area contributed by atoms with Crippen molar-refractivity contribution in [3.63, 3.8) is 0 Å². The lowest BCUT2D eigenvalue weighted by atomic mass is 10.1. The zero-order valence-electron chi connectivity index (χ0n) is 16.9. The number of ether oxygens (including phenoxy) is 2. The summed E-state index contributed by atoms with van der Waals surface area (Å²) in [4.78, 5) is 26.4. The zero-order valence-corrected chi connectivity index (χ0v) is 18.5. The van der Waals surface area contributed by atoms with Gasteiger partial charge in [-0.05, 0) is 43.2 Å². The van der Waals surface area contributed by atoms with E-state index in [1.165, 1.54) is 4.90 Å². The van der Waals surface area contributed by atoms with E-state index in [1.807, 2.05) is 38.1 Å². The number of benzene rings is 2. The van der Waals surface area contributed by atoms with E-state index in [1.54, 1.807) is 24.3 Å². The third-order valence-electron chi connectivity index (χ3n) is 4.44. The third-order valence-corrected chi connectivity index (χ3v) is 5.13. The fraction of sp³-hybridized carbons (Fsp3) is 0.217. The molecule has 0 atom stereocenters. The normalized spacial score (nSPS) is 14.8. The predicted molar refractivity (Wildman–Crippen MR) is 119 cm³/mol. The van der Waals surface area contributed by atoms with Crippen molar-refractivity contribution in [3.8, 4) is 11.5 Å². The molecule has 1 N–H and O–H groups in total. The highest BCUT2D eigenvalue weighted by atomic mass is 79.9. The lowest BCUT2D eigenvalue weighted by Crippen LogP contribution is -2.30. The predicted octanol–water partition coefficient (Wildman–Crippen LogP) is 4.81. The van der Waals surface area contributed by atoms with Crippen molar-refractivity contribution < 1.29 is 19.1 Å². The molecular weight excluding hydrogens is 448 g/mol. The van der Waals surface area contributed by atoms with Crippen LogP contribution in [-0.4, -0.2) is 30.1 Å². The van der Waals surface area contributed by atoms with Crippen LogP contribution in [0.4, 0.5) is 4.79 Å². The van der Waals surface area contributed by atoms with Crippen molar-refractivity contribution >= 4 is 33.9 Å². The first-order valence-electron chi connectivity index (χ1n) is 9.53. The number of halogens is 1. The van der Waals surface area contributed by atoms with Crippen LogP contribution in [0.1, 0.15) is 23.6 Å². The van der Waals surface area contributed by atoms with Crippen molar-refractivity contribution in [2.24, 2.45) is 0 Å². The van der Waals surface area contributed by atoms with E-state index < -0.39 is 6.03 Å². The molecule has 3 amide bonds. The molecule has 2 aromatic rings. The summed E-state index contributed by atoms with van der Waals surface area (Å²) in [6.07, 6.45) is 3.27. The van der Waals surface area contributed by atoms with Gasteiger partial charge in [0, 0.05) is 4.47 Å². The van der Waals surface area contributed by atoms with Crippen LogP contribution in [0.5, 0.6) is 11.5 Å². The average Bonchev–Trinajstić information content (AvgIpc) is 2.98. The monoisotopic (exact) mass is 470 g/mol. The van der Waals surface area contributed by atoms with Gasteiger partial charge in [0.2, 0.25) is 0 Å². The smallest absolute Gasteiger partial charge is 0.329 e. The zero-order chi connectivity index (χ0) is 21.7. The molecule has 1 aliphatic heterocycles. The van der Waals surface area contributed by atoms with Crippen LogP contribution >= 0.6 is 15.9 Å². The summed E-state index contributed by atoms with van der Waals surface area (Å²) in [7, 11) is 0. The summed E-state index contributed by atoms with van der Waals surface area (Å²) in [5.41, 5.74) is 2.89. The van der Waals surface area contributed by atoms with Gasteiger partial charge in [-0.15, -0.1) is 0 Å². The van der Waals surface area contributed by atoms with Crippen LogP contribution in [0.3, 0.4) is 0 Å². The van der Waals surface area contributed by atoms with Gasteiger partial charge in [0.05, 0.1) is 13.2 Å². The Morgan fingerprint density at radius 3 is 2.50 bits per heavy atom. The quantitative estimate of drug-likeness (QED) is 0.341. The Bertz CT molecular complexity index is 999.